The number of hydrogen-bond donors (Lipinski definition) is 1. The van der Waals surface area contributed by atoms with E-state index in [-0.39, 0.29) is 12.1 Å². The standard InChI is InChI=1S/C14H20N6O/c1-9-3-4-11(21-9)13-17-18-14-12(15-5-6-20(13)14)10-7-16-19(2)8-10/h7-9,11-12,15H,3-6H2,1-2H3. The van der Waals surface area contributed by atoms with Gasteiger partial charge in [-0.1, -0.05) is 0 Å². The van der Waals surface area contributed by atoms with Gasteiger partial charge in [-0.25, -0.2) is 0 Å². The SMILES string of the molecule is CC1CCC(c2nnc3n2CCNC3c2cnn(C)c2)O1. The van der Waals surface area contributed by atoms with Crippen molar-refractivity contribution in [3.63, 3.8) is 0 Å². The van der Waals surface area contributed by atoms with Crippen LogP contribution in [0.2, 0.25) is 0 Å². The monoisotopic (exact) mass is 288 g/mol. The molecule has 1 N–H and O–H groups in total. The van der Waals surface area contributed by atoms with Crippen LogP contribution in [0, 0.1) is 0 Å². The van der Waals surface area contributed by atoms with Crippen molar-refractivity contribution in [3.05, 3.63) is 29.6 Å². The van der Waals surface area contributed by atoms with Crippen molar-refractivity contribution in [1.29, 1.82) is 0 Å². The molecular formula is C14H20N6O. The first-order valence-corrected chi connectivity index (χ1v) is 7.53. The van der Waals surface area contributed by atoms with E-state index < -0.39 is 0 Å². The average molecular weight is 288 g/mol. The van der Waals surface area contributed by atoms with E-state index >= 15 is 0 Å². The second-order valence-corrected chi connectivity index (χ2v) is 5.92. The van der Waals surface area contributed by atoms with Crippen LogP contribution < -0.4 is 5.32 Å². The molecule has 0 amide bonds. The molecule has 3 unspecified atom stereocenters. The molecule has 0 bridgehead atoms. The van der Waals surface area contributed by atoms with Crippen molar-refractivity contribution < 1.29 is 4.74 Å². The summed E-state index contributed by atoms with van der Waals surface area (Å²) in [7, 11) is 1.93. The molecule has 2 aromatic heterocycles. The van der Waals surface area contributed by atoms with Crippen LogP contribution in [0.4, 0.5) is 0 Å². The number of aryl methyl sites for hydroxylation is 1. The fourth-order valence-electron chi connectivity index (χ4n) is 3.27. The Morgan fingerprint density at radius 3 is 2.86 bits per heavy atom. The quantitative estimate of drug-likeness (QED) is 0.891. The van der Waals surface area contributed by atoms with Crippen molar-refractivity contribution in [2.45, 2.75) is 44.6 Å². The summed E-state index contributed by atoms with van der Waals surface area (Å²) in [5.74, 6) is 1.94. The summed E-state index contributed by atoms with van der Waals surface area (Å²) in [6.07, 6.45) is 6.44. The van der Waals surface area contributed by atoms with Gasteiger partial charge in [-0.2, -0.15) is 5.10 Å². The number of fused-ring (bicyclic) bond motifs is 1. The lowest BCUT2D eigenvalue weighted by atomic mass is 10.1. The summed E-state index contributed by atoms with van der Waals surface area (Å²) in [5.41, 5.74) is 1.12. The topological polar surface area (TPSA) is 69.8 Å². The molecule has 7 nitrogen and oxygen atoms in total. The largest absolute Gasteiger partial charge is 0.367 e. The molecule has 4 rings (SSSR count). The highest BCUT2D eigenvalue weighted by molar-refractivity contribution is 5.22. The molecule has 0 radical (unpaired) electrons. The molecule has 112 valence electrons. The Bertz CT molecular complexity index is 648. The van der Waals surface area contributed by atoms with Crippen LogP contribution in [0.25, 0.3) is 0 Å². The zero-order valence-electron chi connectivity index (χ0n) is 12.4. The van der Waals surface area contributed by atoms with Crippen LogP contribution >= 0.6 is 0 Å². The molecule has 0 saturated carbocycles. The molecule has 21 heavy (non-hydrogen) atoms. The zero-order chi connectivity index (χ0) is 14.4. The highest BCUT2D eigenvalue weighted by atomic mass is 16.5. The predicted molar refractivity (Wildman–Crippen MR) is 75.6 cm³/mol. The summed E-state index contributed by atoms with van der Waals surface area (Å²) in [6, 6.07) is 0.0625. The van der Waals surface area contributed by atoms with Crippen molar-refractivity contribution in [2.24, 2.45) is 7.05 Å². The maximum absolute atomic E-state index is 5.96. The zero-order valence-corrected chi connectivity index (χ0v) is 12.4. The summed E-state index contributed by atoms with van der Waals surface area (Å²) in [6.45, 7) is 3.91. The van der Waals surface area contributed by atoms with Gasteiger partial charge in [0.1, 0.15) is 6.10 Å². The second kappa shape index (κ2) is 4.92. The van der Waals surface area contributed by atoms with E-state index in [1.165, 1.54) is 0 Å². The van der Waals surface area contributed by atoms with Crippen molar-refractivity contribution in [2.75, 3.05) is 6.54 Å². The Balaban J connectivity index is 1.68. The molecule has 2 aromatic rings. The summed E-state index contributed by atoms with van der Waals surface area (Å²) in [5, 5.41) is 16.6. The van der Waals surface area contributed by atoms with Gasteiger partial charge in [0.15, 0.2) is 11.6 Å². The van der Waals surface area contributed by atoms with Gasteiger partial charge in [-0.05, 0) is 19.8 Å². The van der Waals surface area contributed by atoms with Gasteiger partial charge in [0.25, 0.3) is 0 Å². The smallest absolute Gasteiger partial charge is 0.162 e. The van der Waals surface area contributed by atoms with Gasteiger partial charge in [0, 0.05) is 31.9 Å². The number of hydrogen-bond acceptors (Lipinski definition) is 5. The average Bonchev–Trinajstić information content (AvgIpc) is 3.17. The van der Waals surface area contributed by atoms with Crippen LogP contribution in [-0.4, -0.2) is 37.2 Å². The van der Waals surface area contributed by atoms with Crippen LogP contribution in [0.1, 0.15) is 49.1 Å². The van der Waals surface area contributed by atoms with Crippen LogP contribution in [0.3, 0.4) is 0 Å². The Kier molecular flexibility index (Phi) is 3.04. The van der Waals surface area contributed by atoms with Gasteiger partial charge in [0.2, 0.25) is 0 Å². The van der Waals surface area contributed by atoms with E-state index in [9.17, 15) is 0 Å². The number of ether oxygens (including phenoxy) is 1. The molecule has 2 aliphatic heterocycles. The van der Waals surface area contributed by atoms with E-state index in [1.807, 2.05) is 24.1 Å². The number of rotatable bonds is 2. The molecule has 0 spiro atoms. The van der Waals surface area contributed by atoms with Gasteiger partial charge in [-0.15, -0.1) is 10.2 Å². The van der Waals surface area contributed by atoms with E-state index in [0.717, 1.165) is 43.1 Å². The minimum Gasteiger partial charge on any atom is -0.367 e. The number of nitrogens with one attached hydrogen (secondary N) is 1. The first-order chi connectivity index (χ1) is 10.2. The van der Waals surface area contributed by atoms with Crippen molar-refractivity contribution >= 4 is 0 Å². The molecule has 2 aliphatic rings. The Hall–Kier alpha value is -1.73. The van der Waals surface area contributed by atoms with E-state index in [1.54, 1.807) is 0 Å². The lowest BCUT2D eigenvalue weighted by molar-refractivity contribution is 0.0475. The van der Waals surface area contributed by atoms with Gasteiger partial charge in [0.05, 0.1) is 18.3 Å². The van der Waals surface area contributed by atoms with Gasteiger partial charge in [-0.3, -0.25) is 4.68 Å². The lowest BCUT2D eigenvalue weighted by Crippen LogP contribution is -2.35. The first kappa shape index (κ1) is 13.0. The second-order valence-electron chi connectivity index (χ2n) is 5.92. The highest BCUT2D eigenvalue weighted by Gasteiger charge is 2.33. The maximum atomic E-state index is 5.96. The Labute approximate surface area is 123 Å². The lowest BCUT2D eigenvalue weighted by Gasteiger charge is -2.25. The summed E-state index contributed by atoms with van der Waals surface area (Å²) < 4.78 is 9.99. The Morgan fingerprint density at radius 2 is 2.14 bits per heavy atom. The van der Waals surface area contributed by atoms with E-state index in [0.29, 0.717) is 6.10 Å². The maximum Gasteiger partial charge on any atom is 0.162 e. The minimum atomic E-state index is 0.0625. The normalized spacial score (nSPS) is 28.8. The third-order valence-corrected chi connectivity index (χ3v) is 4.33. The third kappa shape index (κ3) is 2.16. The van der Waals surface area contributed by atoms with Crippen LogP contribution in [0.15, 0.2) is 12.4 Å². The molecule has 7 heteroatoms. The molecular weight excluding hydrogens is 268 g/mol. The highest BCUT2D eigenvalue weighted by Crippen LogP contribution is 2.33. The number of nitrogens with zero attached hydrogens (tertiary/aromatic N) is 5. The molecule has 0 aliphatic carbocycles. The molecule has 1 saturated heterocycles. The summed E-state index contributed by atoms with van der Waals surface area (Å²) in [4.78, 5) is 0. The summed E-state index contributed by atoms with van der Waals surface area (Å²) >= 11 is 0. The fourth-order valence-corrected chi connectivity index (χ4v) is 3.27. The fraction of sp³-hybridized carbons (Fsp3) is 0.643. The van der Waals surface area contributed by atoms with Gasteiger partial charge < -0.3 is 14.6 Å². The molecule has 0 aromatic carbocycles. The third-order valence-electron chi connectivity index (χ3n) is 4.33. The Morgan fingerprint density at radius 1 is 1.29 bits per heavy atom. The minimum absolute atomic E-state index is 0.0625. The first-order valence-electron chi connectivity index (χ1n) is 7.53. The van der Waals surface area contributed by atoms with Crippen molar-refractivity contribution in [1.82, 2.24) is 29.9 Å². The molecule has 3 atom stereocenters. The van der Waals surface area contributed by atoms with Crippen LogP contribution in [-0.2, 0) is 18.3 Å². The molecule has 1 fully saturated rings. The van der Waals surface area contributed by atoms with Crippen molar-refractivity contribution in [3.8, 4) is 0 Å². The number of aromatic nitrogens is 5. The predicted octanol–water partition coefficient (Wildman–Crippen LogP) is 0.944. The van der Waals surface area contributed by atoms with E-state index in [4.69, 9.17) is 4.74 Å². The van der Waals surface area contributed by atoms with Gasteiger partial charge >= 0.3 is 0 Å². The van der Waals surface area contributed by atoms with Crippen LogP contribution in [0.5, 0.6) is 0 Å². The van der Waals surface area contributed by atoms with E-state index in [2.05, 4.69) is 32.1 Å². The molecule has 4 heterocycles.